The number of para-hydroxylation sites is 2. The highest BCUT2D eigenvalue weighted by molar-refractivity contribution is 6.53. The number of carbonyl (C=O) groups excluding carboxylic acids is 3. The summed E-state index contributed by atoms with van der Waals surface area (Å²) in [4.78, 5) is 37.1. The molecule has 8 heteroatoms. The molecule has 0 atom stereocenters. The number of nitrogens with one attached hydrogen (secondary N) is 1. The summed E-state index contributed by atoms with van der Waals surface area (Å²) < 4.78 is 5.48. The van der Waals surface area contributed by atoms with Crippen molar-refractivity contribution in [3.63, 3.8) is 0 Å². The van der Waals surface area contributed by atoms with Crippen molar-refractivity contribution < 1.29 is 24.2 Å². The Morgan fingerprint density at radius 3 is 2.41 bits per heavy atom. The first-order valence-electron chi connectivity index (χ1n) is 8.02. The van der Waals surface area contributed by atoms with Crippen LogP contribution in [-0.2, 0) is 9.59 Å². The van der Waals surface area contributed by atoms with Gasteiger partial charge >= 0.3 is 0 Å². The van der Waals surface area contributed by atoms with Gasteiger partial charge in [-0.15, -0.1) is 0 Å². The molecule has 0 bridgehead atoms. The Bertz CT molecular complexity index is 953. The minimum absolute atomic E-state index is 0.0123. The molecule has 138 valence electrons. The van der Waals surface area contributed by atoms with E-state index in [0.717, 1.165) is 4.90 Å². The van der Waals surface area contributed by atoms with Crippen molar-refractivity contribution in [1.29, 1.82) is 0 Å². The van der Waals surface area contributed by atoms with Crippen molar-refractivity contribution >= 4 is 40.8 Å². The van der Waals surface area contributed by atoms with E-state index in [1.165, 1.54) is 24.3 Å². The molecular weight excluding hydrogens is 372 g/mol. The van der Waals surface area contributed by atoms with Crippen LogP contribution < -0.4 is 20.1 Å². The number of nitrogens with zero attached hydrogens (tertiary/aromatic N) is 1. The standard InChI is InChI=1S/C19H15ClN2O5/c1-2-27-14-6-4-3-5-13(14)22-17(23)15(20)16(18(22)24)21-12-9-7-11(8-10-12)19(25)26/h3-10,21H,2H2,1H3,(H,25,26)/p-1. The van der Waals surface area contributed by atoms with E-state index in [1.54, 1.807) is 31.2 Å². The normalized spacial score (nSPS) is 13.9. The zero-order chi connectivity index (χ0) is 19.6. The van der Waals surface area contributed by atoms with E-state index in [0.29, 0.717) is 18.0 Å². The Morgan fingerprint density at radius 1 is 1.11 bits per heavy atom. The SMILES string of the molecule is CCOc1ccccc1N1C(=O)C(Cl)=C(Nc2ccc(C(=O)[O-])cc2)C1=O. The molecule has 0 saturated carbocycles. The molecule has 7 nitrogen and oxygen atoms in total. The van der Waals surface area contributed by atoms with Gasteiger partial charge in [-0.3, -0.25) is 9.59 Å². The first-order chi connectivity index (χ1) is 12.9. The minimum Gasteiger partial charge on any atom is -0.545 e. The molecular formula is C19H14ClN2O5-. The van der Waals surface area contributed by atoms with Gasteiger partial charge in [-0.05, 0) is 36.8 Å². The Kier molecular flexibility index (Phi) is 5.14. The van der Waals surface area contributed by atoms with Crippen LogP contribution in [0.3, 0.4) is 0 Å². The number of hydrogen-bond donors (Lipinski definition) is 1. The minimum atomic E-state index is -1.32. The highest BCUT2D eigenvalue weighted by atomic mass is 35.5. The first-order valence-corrected chi connectivity index (χ1v) is 8.40. The molecule has 0 saturated heterocycles. The van der Waals surface area contributed by atoms with Gasteiger partial charge in [0.05, 0.1) is 18.3 Å². The van der Waals surface area contributed by atoms with E-state index in [-0.39, 0.29) is 22.0 Å². The number of carboxylic acid groups (broad SMARTS) is 1. The quantitative estimate of drug-likeness (QED) is 0.762. The number of imide groups is 1. The summed E-state index contributed by atoms with van der Waals surface area (Å²) in [5, 5.41) is 13.3. The molecule has 2 amide bonds. The molecule has 0 fully saturated rings. The van der Waals surface area contributed by atoms with Gasteiger partial charge in [-0.1, -0.05) is 35.9 Å². The second-order valence-corrected chi connectivity index (χ2v) is 5.90. The molecule has 0 spiro atoms. The Labute approximate surface area is 159 Å². The molecule has 2 aromatic carbocycles. The molecule has 0 unspecified atom stereocenters. The fourth-order valence-electron chi connectivity index (χ4n) is 2.58. The van der Waals surface area contributed by atoms with Crippen LogP contribution in [0, 0.1) is 0 Å². The van der Waals surface area contributed by atoms with Crippen molar-refractivity contribution in [1.82, 2.24) is 0 Å². The fraction of sp³-hybridized carbons (Fsp3) is 0.105. The number of amides is 2. The summed E-state index contributed by atoms with van der Waals surface area (Å²) in [6.45, 7) is 2.16. The number of aromatic carboxylic acids is 1. The first kappa shape index (κ1) is 18.5. The summed E-state index contributed by atoms with van der Waals surface area (Å²) in [7, 11) is 0. The van der Waals surface area contributed by atoms with Gasteiger partial charge in [-0.25, -0.2) is 4.90 Å². The van der Waals surface area contributed by atoms with E-state index in [4.69, 9.17) is 16.3 Å². The second-order valence-electron chi connectivity index (χ2n) is 5.53. The van der Waals surface area contributed by atoms with Crippen molar-refractivity contribution in [3.8, 4) is 5.75 Å². The van der Waals surface area contributed by atoms with E-state index >= 15 is 0 Å². The van der Waals surface area contributed by atoms with Crippen LogP contribution in [-0.4, -0.2) is 24.4 Å². The number of carbonyl (C=O) groups is 3. The van der Waals surface area contributed by atoms with Crippen LogP contribution in [0.1, 0.15) is 17.3 Å². The lowest BCUT2D eigenvalue weighted by Crippen LogP contribution is -2.32. The number of carboxylic acids is 1. The number of benzene rings is 2. The average molecular weight is 386 g/mol. The van der Waals surface area contributed by atoms with Crippen molar-refractivity contribution in [2.24, 2.45) is 0 Å². The lowest BCUT2D eigenvalue weighted by Gasteiger charge is -2.18. The fourth-order valence-corrected chi connectivity index (χ4v) is 2.80. The van der Waals surface area contributed by atoms with E-state index in [9.17, 15) is 19.5 Å². The number of anilines is 2. The Hall–Kier alpha value is -3.32. The topological polar surface area (TPSA) is 98.8 Å². The smallest absolute Gasteiger partial charge is 0.283 e. The predicted octanol–water partition coefficient (Wildman–Crippen LogP) is 1.88. The molecule has 27 heavy (non-hydrogen) atoms. The zero-order valence-corrected chi connectivity index (χ0v) is 14.9. The number of rotatable bonds is 6. The van der Waals surface area contributed by atoms with Gasteiger partial charge < -0.3 is 20.0 Å². The van der Waals surface area contributed by atoms with Crippen molar-refractivity contribution in [2.75, 3.05) is 16.8 Å². The molecule has 3 rings (SSSR count). The summed E-state index contributed by atoms with van der Waals surface area (Å²) in [6.07, 6.45) is 0. The van der Waals surface area contributed by atoms with Crippen molar-refractivity contribution in [3.05, 3.63) is 64.8 Å². The van der Waals surface area contributed by atoms with Crippen molar-refractivity contribution in [2.45, 2.75) is 6.92 Å². The molecule has 0 aliphatic carbocycles. The monoisotopic (exact) mass is 385 g/mol. The Morgan fingerprint density at radius 2 is 1.78 bits per heavy atom. The molecule has 1 aliphatic heterocycles. The lowest BCUT2D eigenvalue weighted by atomic mass is 10.2. The van der Waals surface area contributed by atoms with Crippen LogP contribution in [0.2, 0.25) is 0 Å². The zero-order valence-electron chi connectivity index (χ0n) is 14.2. The van der Waals surface area contributed by atoms with E-state index in [2.05, 4.69) is 5.32 Å². The highest BCUT2D eigenvalue weighted by Crippen LogP contribution is 2.35. The third-order valence-electron chi connectivity index (χ3n) is 3.82. The number of ether oxygens (including phenoxy) is 1. The van der Waals surface area contributed by atoms with Gasteiger partial charge in [0.25, 0.3) is 11.8 Å². The van der Waals surface area contributed by atoms with E-state index in [1.807, 2.05) is 0 Å². The third-order valence-corrected chi connectivity index (χ3v) is 4.17. The molecule has 0 aromatic heterocycles. The molecule has 1 N–H and O–H groups in total. The summed E-state index contributed by atoms with van der Waals surface area (Å²) in [6, 6.07) is 12.2. The maximum atomic E-state index is 12.8. The maximum absolute atomic E-state index is 12.8. The van der Waals surface area contributed by atoms with Gasteiger partial charge in [0.2, 0.25) is 0 Å². The second kappa shape index (κ2) is 7.51. The van der Waals surface area contributed by atoms with Crippen LogP contribution in [0.5, 0.6) is 5.75 Å². The summed E-state index contributed by atoms with van der Waals surface area (Å²) >= 11 is 6.09. The van der Waals surface area contributed by atoms with Gasteiger partial charge in [0.1, 0.15) is 16.5 Å². The maximum Gasteiger partial charge on any atom is 0.283 e. The largest absolute Gasteiger partial charge is 0.545 e. The van der Waals surface area contributed by atoms with Crippen LogP contribution in [0.25, 0.3) is 0 Å². The number of halogens is 1. The third kappa shape index (κ3) is 3.50. The summed E-state index contributed by atoms with van der Waals surface area (Å²) in [5.41, 5.74) is 0.571. The van der Waals surface area contributed by atoms with Gasteiger partial charge in [0, 0.05) is 5.69 Å². The average Bonchev–Trinajstić information content (AvgIpc) is 2.86. The van der Waals surface area contributed by atoms with Crippen LogP contribution >= 0.6 is 11.6 Å². The molecule has 1 heterocycles. The van der Waals surface area contributed by atoms with Gasteiger partial charge in [0.15, 0.2) is 0 Å². The molecule has 2 aromatic rings. The van der Waals surface area contributed by atoms with Crippen LogP contribution in [0.4, 0.5) is 11.4 Å². The highest BCUT2D eigenvalue weighted by Gasteiger charge is 2.40. The molecule has 0 radical (unpaired) electrons. The predicted molar refractivity (Wildman–Crippen MR) is 97.4 cm³/mol. The van der Waals surface area contributed by atoms with Gasteiger partial charge in [-0.2, -0.15) is 0 Å². The van der Waals surface area contributed by atoms with Crippen LogP contribution in [0.15, 0.2) is 59.3 Å². The van der Waals surface area contributed by atoms with E-state index < -0.39 is 17.8 Å². The molecule has 1 aliphatic rings. The number of hydrogen-bond acceptors (Lipinski definition) is 6. The Balaban J connectivity index is 1.89. The lowest BCUT2D eigenvalue weighted by molar-refractivity contribution is -0.255. The summed E-state index contributed by atoms with van der Waals surface area (Å²) in [5.74, 6) is -2.25.